The van der Waals surface area contributed by atoms with Gasteiger partial charge in [0.05, 0.1) is 0 Å². The van der Waals surface area contributed by atoms with Gasteiger partial charge >= 0.3 is 28.2 Å². The summed E-state index contributed by atoms with van der Waals surface area (Å²) < 4.78 is 5.61. The van der Waals surface area contributed by atoms with Crippen LogP contribution in [0.5, 0.6) is 17.2 Å². The van der Waals surface area contributed by atoms with Crippen molar-refractivity contribution >= 4 is 21.1 Å². The van der Waals surface area contributed by atoms with Crippen molar-refractivity contribution in [2.45, 2.75) is 0 Å². The van der Waals surface area contributed by atoms with Crippen molar-refractivity contribution < 1.29 is 33.7 Å². The first-order valence-electron chi connectivity index (χ1n) is 7.01. The number of phenols is 2. The summed E-state index contributed by atoms with van der Waals surface area (Å²) in [7, 11) is 4.61. The summed E-state index contributed by atoms with van der Waals surface area (Å²) in [5, 5.41) is 18.6. The Morgan fingerprint density at radius 1 is 0.958 bits per heavy atom. The molecule has 0 atom stereocenters. The fourth-order valence-corrected chi connectivity index (χ4v) is 1.99. The molecule has 0 spiro atoms. The molecule has 2 aromatic rings. The maximum Gasteiger partial charge on any atom is -0.171 e. The SMILES string of the molecule is Oc1ccc(C2=Cc3ccc(O)cc3OC2)cc1.[Cl][Pt].[NH-]CC[NH-]. The van der Waals surface area contributed by atoms with Crippen molar-refractivity contribution in [3.05, 3.63) is 65.1 Å². The van der Waals surface area contributed by atoms with E-state index in [9.17, 15) is 10.2 Å². The second kappa shape index (κ2) is 11.1. The fraction of sp³-hybridized carbons (Fsp3) is 0.176. The number of halogens is 1. The molecule has 0 bridgehead atoms. The molecule has 0 unspecified atom stereocenters. The Bertz CT molecular complexity index is 661. The van der Waals surface area contributed by atoms with E-state index in [2.05, 4.69) is 9.42 Å². The van der Waals surface area contributed by atoms with Gasteiger partial charge in [-0.2, -0.15) is 13.1 Å². The monoisotopic (exact) mass is 528 g/mol. The summed E-state index contributed by atoms with van der Waals surface area (Å²) in [6.07, 6.45) is 2.03. The smallest absolute Gasteiger partial charge is 0.171 e. The van der Waals surface area contributed by atoms with Crippen LogP contribution >= 0.6 is 9.42 Å². The van der Waals surface area contributed by atoms with Gasteiger partial charge in [0.25, 0.3) is 0 Å². The summed E-state index contributed by atoms with van der Waals surface area (Å²) in [5.41, 5.74) is 15.5. The van der Waals surface area contributed by atoms with Gasteiger partial charge in [-0.15, -0.1) is 0 Å². The number of hydrogen-bond donors (Lipinski definition) is 2. The van der Waals surface area contributed by atoms with Crippen LogP contribution in [0, 0.1) is 0 Å². The van der Waals surface area contributed by atoms with Gasteiger partial charge in [-0.3, -0.25) is 0 Å². The van der Waals surface area contributed by atoms with Gasteiger partial charge in [-0.25, -0.2) is 0 Å². The third kappa shape index (κ3) is 6.17. The molecule has 5 nitrogen and oxygen atoms in total. The molecule has 0 saturated heterocycles. The maximum atomic E-state index is 9.37. The predicted octanol–water partition coefficient (Wildman–Crippen LogP) is 4.81. The van der Waals surface area contributed by atoms with Crippen molar-refractivity contribution in [3.63, 3.8) is 0 Å². The van der Waals surface area contributed by atoms with Crippen molar-refractivity contribution in [1.82, 2.24) is 0 Å². The predicted molar refractivity (Wildman–Crippen MR) is 93.8 cm³/mol. The maximum absolute atomic E-state index is 9.37. The molecule has 0 aliphatic carbocycles. The second-order valence-corrected chi connectivity index (χ2v) is 4.73. The molecule has 2 aromatic carbocycles. The molecule has 1 aliphatic heterocycles. The van der Waals surface area contributed by atoms with Crippen molar-refractivity contribution in [2.75, 3.05) is 19.7 Å². The zero-order valence-electron chi connectivity index (χ0n) is 12.7. The minimum absolute atomic E-state index is 0.204. The molecule has 133 valence electrons. The molecule has 0 amide bonds. The summed E-state index contributed by atoms with van der Waals surface area (Å²) in [5.74, 6) is 1.15. The fourth-order valence-electron chi connectivity index (χ4n) is 1.99. The van der Waals surface area contributed by atoms with Crippen molar-refractivity contribution in [3.8, 4) is 17.2 Å². The van der Waals surface area contributed by atoms with Gasteiger partial charge < -0.3 is 26.4 Å². The molecule has 1 heterocycles. The van der Waals surface area contributed by atoms with E-state index in [4.69, 9.17) is 16.2 Å². The molecule has 4 N–H and O–H groups in total. The van der Waals surface area contributed by atoms with E-state index in [0.717, 1.165) is 16.7 Å². The van der Waals surface area contributed by atoms with Gasteiger partial charge in [0.2, 0.25) is 0 Å². The summed E-state index contributed by atoms with van der Waals surface area (Å²) in [6, 6.07) is 12.1. The number of nitrogens with one attached hydrogen (secondary N) is 2. The Morgan fingerprint density at radius 2 is 1.54 bits per heavy atom. The van der Waals surface area contributed by atoms with Crippen LogP contribution in [-0.2, 0) is 18.8 Å². The molecule has 1 aliphatic rings. The standard InChI is InChI=1S/C15H12O3.C2H6N2.ClH.Pt/c16-13-4-1-10(2-5-13)12-7-11-3-6-14(17)8-15(11)18-9-12;3-1-2-4;;/h1-8,16-17H,9H2;3-4H,1-2H2;1H;/q;-2;;+1/p-1. The number of hydrogen-bond acceptors (Lipinski definition) is 3. The normalized spacial score (nSPS) is 11.6. The first kappa shape index (κ1) is 20.5. The zero-order chi connectivity index (χ0) is 17.9. The third-order valence-corrected chi connectivity index (χ3v) is 3.07. The Balaban J connectivity index is 0.000000423. The van der Waals surface area contributed by atoms with E-state index >= 15 is 0 Å². The summed E-state index contributed by atoms with van der Waals surface area (Å²) in [6.45, 7) is 0.932. The zero-order valence-corrected chi connectivity index (χ0v) is 15.8. The Morgan fingerprint density at radius 3 is 2.12 bits per heavy atom. The van der Waals surface area contributed by atoms with Crippen LogP contribution in [0.25, 0.3) is 23.1 Å². The van der Waals surface area contributed by atoms with Gasteiger partial charge in [0.1, 0.15) is 23.9 Å². The molecule has 0 saturated carbocycles. The van der Waals surface area contributed by atoms with Crippen LogP contribution in [0.4, 0.5) is 0 Å². The van der Waals surface area contributed by atoms with Crippen molar-refractivity contribution in [1.29, 1.82) is 0 Å². The molecule has 7 heteroatoms. The average molecular weight is 529 g/mol. The Labute approximate surface area is 156 Å². The van der Waals surface area contributed by atoms with E-state index in [0.29, 0.717) is 12.4 Å². The quantitative estimate of drug-likeness (QED) is 0.585. The van der Waals surface area contributed by atoms with Crippen molar-refractivity contribution in [2.24, 2.45) is 0 Å². The first-order chi connectivity index (χ1) is 11.6. The van der Waals surface area contributed by atoms with E-state index < -0.39 is 0 Å². The summed E-state index contributed by atoms with van der Waals surface area (Å²) >= 11 is 1.61. The minimum Gasteiger partial charge on any atom is -0.679 e. The summed E-state index contributed by atoms with van der Waals surface area (Å²) in [4.78, 5) is 0. The number of benzene rings is 2. The number of fused-ring (bicyclic) bond motifs is 1. The number of aromatic hydroxyl groups is 2. The van der Waals surface area contributed by atoms with Crippen LogP contribution in [0.2, 0.25) is 0 Å². The van der Waals surface area contributed by atoms with Gasteiger partial charge in [0.15, 0.2) is 0 Å². The minimum atomic E-state index is 0.204. The molecule has 0 radical (unpaired) electrons. The molecule has 0 fully saturated rings. The van der Waals surface area contributed by atoms with Gasteiger partial charge in [-0.05, 0) is 41.5 Å². The van der Waals surface area contributed by atoms with Crippen LogP contribution < -0.4 is 4.74 Å². The van der Waals surface area contributed by atoms with E-state index in [1.54, 1.807) is 43.0 Å². The van der Waals surface area contributed by atoms with E-state index in [1.807, 2.05) is 24.3 Å². The Hall–Kier alpha value is -1.52. The van der Waals surface area contributed by atoms with Crippen LogP contribution in [-0.4, -0.2) is 29.9 Å². The topological polar surface area (TPSA) is 97.3 Å². The van der Waals surface area contributed by atoms with Gasteiger partial charge in [0, 0.05) is 11.6 Å². The Kier molecular flexibility index (Phi) is 9.50. The number of ether oxygens (including phenoxy) is 1. The molecule has 24 heavy (non-hydrogen) atoms. The first-order valence-corrected chi connectivity index (χ1v) is 9.82. The number of phenolic OH excluding ortho intramolecular Hbond substituents is 2. The van der Waals surface area contributed by atoms with Crippen LogP contribution in [0.1, 0.15) is 11.1 Å². The molecule has 0 aromatic heterocycles. The molecular weight excluding hydrogens is 511 g/mol. The van der Waals surface area contributed by atoms with Crippen LogP contribution in [0.15, 0.2) is 42.5 Å². The second-order valence-electron chi connectivity index (χ2n) is 4.73. The molecule has 3 rings (SSSR count). The third-order valence-electron chi connectivity index (χ3n) is 3.07. The molecular formula is C17H18ClN2O3Pt-2. The largest absolute Gasteiger partial charge is 0.679 e. The van der Waals surface area contributed by atoms with E-state index in [1.165, 1.54) is 0 Å². The van der Waals surface area contributed by atoms with E-state index in [-0.39, 0.29) is 24.6 Å². The van der Waals surface area contributed by atoms with Crippen LogP contribution in [0.3, 0.4) is 0 Å². The average Bonchev–Trinajstić information content (AvgIpc) is 2.64. The number of rotatable bonds is 2. The van der Waals surface area contributed by atoms with Gasteiger partial charge in [-0.1, -0.05) is 12.1 Å².